The van der Waals surface area contributed by atoms with E-state index in [1.807, 2.05) is 12.1 Å². The molecule has 3 heterocycles. The van der Waals surface area contributed by atoms with Gasteiger partial charge in [-0.05, 0) is 38.8 Å². The van der Waals surface area contributed by atoms with Crippen LogP contribution in [0.15, 0.2) is 27.8 Å². The highest BCUT2D eigenvalue weighted by atomic mass is 16.5. The Morgan fingerprint density at radius 3 is 2.79 bits per heavy atom. The molecule has 2 saturated heterocycles. The second-order valence-corrected chi connectivity index (χ2v) is 8.08. The lowest BCUT2D eigenvalue weighted by Gasteiger charge is -2.62. The lowest BCUT2D eigenvalue weighted by molar-refractivity contribution is -0.0669. The molecule has 0 spiro atoms. The van der Waals surface area contributed by atoms with Crippen LogP contribution in [0.2, 0.25) is 0 Å². The van der Waals surface area contributed by atoms with Crippen LogP contribution in [0, 0.1) is 5.41 Å². The van der Waals surface area contributed by atoms with Crippen LogP contribution in [-0.4, -0.2) is 48.7 Å². The van der Waals surface area contributed by atoms with Gasteiger partial charge in [-0.2, -0.15) is 0 Å². The first-order chi connectivity index (χ1) is 11.4. The van der Waals surface area contributed by atoms with Crippen molar-refractivity contribution in [1.29, 1.82) is 0 Å². The predicted octanol–water partition coefficient (Wildman–Crippen LogP) is 3.07. The molecule has 0 radical (unpaired) electrons. The van der Waals surface area contributed by atoms with Crippen molar-refractivity contribution in [2.45, 2.75) is 58.6 Å². The molecule has 5 heteroatoms. The van der Waals surface area contributed by atoms with E-state index in [9.17, 15) is 0 Å². The molecule has 0 saturated carbocycles. The molecule has 0 amide bonds. The van der Waals surface area contributed by atoms with E-state index >= 15 is 0 Å². The SMILES string of the molecule is CC1(C)CN(C(=NCC2CCCO2)NCCc2ccco2)C1(C)C. The molecule has 2 fully saturated rings. The van der Waals surface area contributed by atoms with Crippen LogP contribution in [0.1, 0.15) is 46.3 Å². The van der Waals surface area contributed by atoms with E-state index in [2.05, 4.69) is 37.9 Å². The molecule has 1 atom stereocenters. The molecule has 1 unspecified atom stereocenters. The average molecular weight is 333 g/mol. The third kappa shape index (κ3) is 3.46. The van der Waals surface area contributed by atoms with Gasteiger partial charge in [0.25, 0.3) is 0 Å². The summed E-state index contributed by atoms with van der Waals surface area (Å²) in [5.74, 6) is 2.01. The molecular formula is C19H31N3O2. The van der Waals surface area contributed by atoms with E-state index in [-0.39, 0.29) is 11.6 Å². The number of likely N-dealkylation sites (tertiary alicyclic amines) is 1. The number of furan rings is 1. The smallest absolute Gasteiger partial charge is 0.194 e. The number of hydrogen-bond donors (Lipinski definition) is 1. The molecule has 0 aromatic carbocycles. The highest BCUT2D eigenvalue weighted by Gasteiger charge is 2.53. The van der Waals surface area contributed by atoms with Crippen LogP contribution in [0.4, 0.5) is 0 Å². The van der Waals surface area contributed by atoms with Gasteiger partial charge in [-0.1, -0.05) is 13.8 Å². The number of ether oxygens (including phenoxy) is 1. The van der Waals surface area contributed by atoms with Gasteiger partial charge in [-0.25, -0.2) is 0 Å². The van der Waals surface area contributed by atoms with Gasteiger partial charge in [-0.15, -0.1) is 0 Å². The van der Waals surface area contributed by atoms with Crippen molar-refractivity contribution in [3.05, 3.63) is 24.2 Å². The van der Waals surface area contributed by atoms with Crippen LogP contribution in [0.5, 0.6) is 0 Å². The maximum Gasteiger partial charge on any atom is 0.194 e. The summed E-state index contributed by atoms with van der Waals surface area (Å²) in [5, 5.41) is 3.54. The van der Waals surface area contributed by atoms with Crippen molar-refractivity contribution in [3.8, 4) is 0 Å². The van der Waals surface area contributed by atoms with Crippen molar-refractivity contribution in [2.75, 3.05) is 26.2 Å². The Morgan fingerprint density at radius 1 is 1.38 bits per heavy atom. The molecule has 1 aromatic heterocycles. The van der Waals surface area contributed by atoms with E-state index in [0.29, 0.717) is 5.41 Å². The van der Waals surface area contributed by atoms with E-state index < -0.39 is 0 Å². The van der Waals surface area contributed by atoms with Gasteiger partial charge in [0, 0.05) is 37.1 Å². The minimum Gasteiger partial charge on any atom is -0.469 e. The Kier molecular flexibility index (Phi) is 4.90. The maximum absolute atomic E-state index is 5.72. The van der Waals surface area contributed by atoms with Crippen molar-refractivity contribution >= 4 is 5.96 Å². The maximum atomic E-state index is 5.72. The molecule has 0 aliphatic carbocycles. The molecule has 1 aromatic rings. The van der Waals surface area contributed by atoms with Crippen molar-refractivity contribution in [1.82, 2.24) is 10.2 Å². The number of rotatable bonds is 5. The Bertz CT molecular complexity index is 557. The molecular weight excluding hydrogens is 302 g/mol. The summed E-state index contributed by atoms with van der Waals surface area (Å²) in [6, 6.07) is 3.95. The lowest BCUT2D eigenvalue weighted by Crippen LogP contribution is -2.72. The fraction of sp³-hybridized carbons (Fsp3) is 0.737. The van der Waals surface area contributed by atoms with E-state index in [4.69, 9.17) is 14.1 Å². The summed E-state index contributed by atoms with van der Waals surface area (Å²) in [6.45, 7) is 12.7. The molecule has 3 rings (SSSR count). The molecule has 24 heavy (non-hydrogen) atoms. The van der Waals surface area contributed by atoms with E-state index in [1.165, 1.54) is 0 Å². The third-order valence-corrected chi connectivity index (χ3v) is 5.84. The Hall–Kier alpha value is -1.49. The van der Waals surface area contributed by atoms with Gasteiger partial charge < -0.3 is 19.4 Å². The largest absolute Gasteiger partial charge is 0.469 e. The fourth-order valence-corrected chi connectivity index (χ4v) is 3.37. The number of nitrogens with zero attached hydrogens (tertiary/aromatic N) is 2. The van der Waals surface area contributed by atoms with Crippen molar-refractivity contribution in [3.63, 3.8) is 0 Å². The topological polar surface area (TPSA) is 50.0 Å². The Balaban J connectivity index is 1.63. The summed E-state index contributed by atoms with van der Waals surface area (Å²) in [7, 11) is 0. The molecule has 1 N–H and O–H groups in total. The summed E-state index contributed by atoms with van der Waals surface area (Å²) in [6.07, 6.45) is 5.15. The van der Waals surface area contributed by atoms with Crippen LogP contribution < -0.4 is 5.32 Å². The molecule has 5 nitrogen and oxygen atoms in total. The summed E-state index contributed by atoms with van der Waals surface area (Å²) in [5.41, 5.74) is 0.389. The van der Waals surface area contributed by atoms with Gasteiger partial charge in [0.1, 0.15) is 5.76 Å². The van der Waals surface area contributed by atoms with Crippen LogP contribution in [0.3, 0.4) is 0 Å². The normalized spacial score (nSPS) is 25.6. The first-order valence-electron chi connectivity index (χ1n) is 9.10. The van der Waals surface area contributed by atoms with Crippen molar-refractivity contribution in [2.24, 2.45) is 10.4 Å². The molecule has 2 aliphatic heterocycles. The second-order valence-electron chi connectivity index (χ2n) is 8.08. The average Bonchev–Trinajstić information content (AvgIpc) is 3.22. The second kappa shape index (κ2) is 6.79. The summed E-state index contributed by atoms with van der Waals surface area (Å²) < 4.78 is 11.1. The minimum atomic E-state index is 0.0973. The number of nitrogens with one attached hydrogen (secondary N) is 1. The minimum absolute atomic E-state index is 0.0973. The first kappa shape index (κ1) is 17.3. The van der Waals surface area contributed by atoms with Crippen LogP contribution in [-0.2, 0) is 11.2 Å². The first-order valence-corrected chi connectivity index (χ1v) is 9.10. The fourth-order valence-electron chi connectivity index (χ4n) is 3.37. The molecule has 2 aliphatic rings. The van der Waals surface area contributed by atoms with Crippen LogP contribution >= 0.6 is 0 Å². The quantitative estimate of drug-likeness (QED) is 0.664. The molecule has 0 bridgehead atoms. The van der Waals surface area contributed by atoms with Crippen molar-refractivity contribution < 1.29 is 9.15 Å². The highest BCUT2D eigenvalue weighted by Crippen LogP contribution is 2.46. The molecule has 134 valence electrons. The zero-order valence-corrected chi connectivity index (χ0v) is 15.5. The zero-order chi connectivity index (χ0) is 17.2. The lowest BCUT2D eigenvalue weighted by atomic mass is 9.65. The zero-order valence-electron chi connectivity index (χ0n) is 15.5. The van der Waals surface area contributed by atoms with Gasteiger partial charge in [0.2, 0.25) is 0 Å². The number of aliphatic imine (C=N–C) groups is 1. The third-order valence-electron chi connectivity index (χ3n) is 5.84. The Morgan fingerprint density at radius 2 is 2.21 bits per heavy atom. The Labute approximate surface area is 145 Å². The highest BCUT2D eigenvalue weighted by molar-refractivity contribution is 5.82. The standard InChI is InChI=1S/C19H31N3O2/c1-18(2)14-22(19(18,3)4)17(21-13-16-8-6-12-24-16)20-10-9-15-7-5-11-23-15/h5,7,11,16H,6,8-10,12-14H2,1-4H3,(H,20,21). The monoisotopic (exact) mass is 333 g/mol. The van der Waals surface area contributed by atoms with Gasteiger partial charge in [0.05, 0.1) is 18.9 Å². The van der Waals surface area contributed by atoms with Gasteiger partial charge in [0.15, 0.2) is 5.96 Å². The van der Waals surface area contributed by atoms with Gasteiger partial charge in [-0.3, -0.25) is 4.99 Å². The van der Waals surface area contributed by atoms with Crippen LogP contribution in [0.25, 0.3) is 0 Å². The van der Waals surface area contributed by atoms with E-state index in [0.717, 1.165) is 57.2 Å². The predicted molar refractivity (Wildman–Crippen MR) is 96.3 cm³/mol. The number of guanidine groups is 1. The summed E-state index contributed by atoms with van der Waals surface area (Å²) in [4.78, 5) is 7.28. The summed E-state index contributed by atoms with van der Waals surface area (Å²) >= 11 is 0. The number of hydrogen-bond acceptors (Lipinski definition) is 3. The van der Waals surface area contributed by atoms with Gasteiger partial charge >= 0.3 is 0 Å². The van der Waals surface area contributed by atoms with E-state index in [1.54, 1.807) is 6.26 Å².